The molecule has 4 rings (SSSR count). The van der Waals surface area contributed by atoms with Gasteiger partial charge in [-0.1, -0.05) is 88.4 Å². The molecule has 5 unspecified atom stereocenters. The van der Waals surface area contributed by atoms with Crippen molar-refractivity contribution in [3.8, 4) is 0 Å². The molecule has 12 heteroatoms. The second kappa shape index (κ2) is 22.0. The minimum absolute atomic E-state index is 0.0254. The standard InChI is InChI=1S/C44H66N6O6/c1-31(2)27-36(40(52)44(5)30-56-44)46-43(55)38(29-34-17-11-8-12-18-34)48-42(54)37(28-32(3)4)47-41(53)35(21-20-33-15-9-7-10-16-33)45-39(51)19-13-14-22-50-25-23-49(6)24-26-50/h7-12,15-18,31-32,35-38H,13-14,19-30H2,1-6H3,(H,45,51)(H,46,55)(H,47,53)(H,48,54). The minimum Gasteiger partial charge on any atom is -0.361 e. The molecule has 2 fully saturated rings. The van der Waals surface area contributed by atoms with Crippen LogP contribution in [0.25, 0.3) is 0 Å². The summed E-state index contributed by atoms with van der Waals surface area (Å²) in [4.78, 5) is 73.6. The van der Waals surface area contributed by atoms with Gasteiger partial charge in [0.25, 0.3) is 0 Å². The van der Waals surface area contributed by atoms with Gasteiger partial charge < -0.3 is 35.8 Å². The highest BCUT2D eigenvalue weighted by Crippen LogP contribution is 2.29. The van der Waals surface area contributed by atoms with Gasteiger partial charge in [-0.05, 0) is 82.0 Å². The predicted octanol–water partition coefficient (Wildman–Crippen LogP) is 3.67. The van der Waals surface area contributed by atoms with E-state index in [1.165, 1.54) is 0 Å². The molecule has 2 aromatic rings. The van der Waals surface area contributed by atoms with E-state index in [9.17, 15) is 24.0 Å². The normalized spacial score (nSPS) is 19.4. The summed E-state index contributed by atoms with van der Waals surface area (Å²) in [6, 6.07) is 15.5. The van der Waals surface area contributed by atoms with E-state index in [4.69, 9.17) is 4.74 Å². The molecule has 2 aliphatic rings. The maximum absolute atomic E-state index is 14.1. The molecule has 0 aliphatic carbocycles. The van der Waals surface area contributed by atoms with E-state index >= 15 is 0 Å². The molecule has 0 spiro atoms. The average Bonchev–Trinajstić information content (AvgIpc) is 3.93. The van der Waals surface area contributed by atoms with Crippen LogP contribution >= 0.6 is 0 Å². The number of piperazine rings is 1. The summed E-state index contributed by atoms with van der Waals surface area (Å²) in [5.74, 6) is -1.68. The second-order valence-corrected chi connectivity index (χ2v) is 16.8. The topological polar surface area (TPSA) is 152 Å². The summed E-state index contributed by atoms with van der Waals surface area (Å²) in [7, 11) is 2.13. The monoisotopic (exact) mass is 775 g/mol. The first-order valence-corrected chi connectivity index (χ1v) is 20.6. The van der Waals surface area contributed by atoms with Crippen LogP contribution in [0.15, 0.2) is 60.7 Å². The van der Waals surface area contributed by atoms with Crippen LogP contribution in [0.2, 0.25) is 0 Å². The fourth-order valence-electron chi connectivity index (χ4n) is 7.08. The highest BCUT2D eigenvalue weighted by Gasteiger charge is 2.50. The van der Waals surface area contributed by atoms with E-state index < -0.39 is 47.5 Å². The first kappa shape index (κ1) is 44.6. The fraction of sp³-hybridized carbons (Fsp3) is 0.614. The summed E-state index contributed by atoms with van der Waals surface area (Å²) >= 11 is 0. The van der Waals surface area contributed by atoms with E-state index in [0.717, 1.165) is 50.3 Å². The molecule has 5 atom stereocenters. The number of ether oxygens (including phenoxy) is 1. The maximum atomic E-state index is 14.1. The molecule has 2 heterocycles. The molecule has 0 saturated carbocycles. The van der Waals surface area contributed by atoms with Gasteiger partial charge >= 0.3 is 0 Å². The summed E-state index contributed by atoms with van der Waals surface area (Å²) in [6.45, 7) is 15.0. The minimum atomic E-state index is -1.02. The Morgan fingerprint density at radius 1 is 0.679 bits per heavy atom. The van der Waals surface area contributed by atoms with Crippen molar-refractivity contribution < 1.29 is 28.7 Å². The van der Waals surface area contributed by atoms with Crippen molar-refractivity contribution in [2.75, 3.05) is 46.4 Å². The quantitative estimate of drug-likeness (QED) is 0.0987. The van der Waals surface area contributed by atoms with Crippen molar-refractivity contribution >= 4 is 29.4 Å². The zero-order valence-corrected chi connectivity index (χ0v) is 34.5. The lowest BCUT2D eigenvalue weighted by atomic mass is 9.93. The lowest BCUT2D eigenvalue weighted by Crippen LogP contribution is -2.59. The first-order valence-electron chi connectivity index (χ1n) is 20.6. The number of epoxide rings is 1. The summed E-state index contributed by atoms with van der Waals surface area (Å²) in [6.07, 6.45) is 3.74. The Morgan fingerprint density at radius 2 is 1.20 bits per heavy atom. The number of rotatable bonds is 23. The average molecular weight is 775 g/mol. The Morgan fingerprint density at radius 3 is 1.79 bits per heavy atom. The molecule has 0 bridgehead atoms. The maximum Gasteiger partial charge on any atom is 0.243 e. The van der Waals surface area contributed by atoms with Crippen molar-refractivity contribution in [1.29, 1.82) is 0 Å². The lowest BCUT2D eigenvalue weighted by Gasteiger charge is -2.32. The molecule has 308 valence electrons. The third-order valence-electron chi connectivity index (χ3n) is 10.6. The number of carbonyl (C=O) groups excluding carboxylic acids is 5. The molecule has 4 N–H and O–H groups in total. The van der Waals surface area contributed by atoms with Gasteiger partial charge in [0.15, 0.2) is 5.78 Å². The van der Waals surface area contributed by atoms with Crippen LogP contribution in [0.1, 0.15) is 84.3 Å². The van der Waals surface area contributed by atoms with Gasteiger partial charge in [-0.2, -0.15) is 0 Å². The Hall–Kier alpha value is -4.13. The van der Waals surface area contributed by atoms with Gasteiger partial charge in [0.2, 0.25) is 23.6 Å². The molecule has 2 aliphatic heterocycles. The van der Waals surface area contributed by atoms with Gasteiger partial charge in [0, 0.05) is 39.0 Å². The van der Waals surface area contributed by atoms with E-state index in [2.05, 4.69) is 38.1 Å². The number of ketones is 1. The number of benzene rings is 2. The van der Waals surface area contributed by atoms with Crippen molar-refractivity contribution in [2.24, 2.45) is 11.8 Å². The molecule has 4 amide bonds. The van der Waals surface area contributed by atoms with Crippen molar-refractivity contribution in [3.05, 3.63) is 71.8 Å². The largest absolute Gasteiger partial charge is 0.361 e. The van der Waals surface area contributed by atoms with E-state index in [1.54, 1.807) is 6.92 Å². The number of aryl methyl sites for hydroxylation is 1. The van der Waals surface area contributed by atoms with Crippen molar-refractivity contribution in [1.82, 2.24) is 31.1 Å². The van der Waals surface area contributed by atoms with Crippen LogP contribution in [0, 0.1) is 11.8 Å². The van der Waals surface area contributed by atoms with Crippen LogP contribution in [0.4, 0.5) is 0 Å². The van der Waals surface area contributed by atoms with Gasteiger partial charge in [-0.3, -0.25) is 24.0 Å². The molecular formula is C44H66N6O6. The van der Waals surface area contributed by atoms with Crippen LogP contribution in [-0.4, -0.2) is 115 Å². The molecule has 0 aromatic heterocycles. The van der Waals surface area contributed by atoms with E-state index in [0.29, 0.717) is 45.1 Å². The number of hydrogen-bond acceptors (Lipinski definition) is 8. The Kier molecular flexibility index (Phi) is 17.5. The molecule has 56 heavy (non-hydrogen) atoms. The number of nitrogens with zero attached hydrogens (tertiary/aromatic N) is 2. The first-order chi connectivity index (χ1) is 26.7. The number of carbonyl (C=O) groups is 5. The second-order valence-electron chi connectivity index (χ2n) is 16.8. The van der Waals surface area contributed by atoms with E-state index in [1.807, 2.05) is 88.4 Å². The van der Waals surface area contributed by atoms with Crippen molar-refractivity contribution in [3.63, 3.8) is 0 Å². The number of unbranched alkanes of at least 4 members (excludes halogenated alkanes) is 1. The zero-order chi connectivity index (χ0) is 40.7. The number of amides is 4. The molecular weight excluding hydrogens is 709 g/mol. The summed E-state index contributed by atoms with van der Waals surface area (Å²) in [5.41, 5.74) is 0.942. The molecule has 0 radical (unpaired) electrons. The van der Waals surface area contributed by atoms with Crippen LogP contribution < -0.4 is 21.3 Å². The highest BCUT2D eigenvalue weighted by atomic mass is 16.6. The zero-order valence-electron chi connectivity index (χ0n) is 34.5. The molecule has 2 aromatic carbocycles. The number of likely N-dealkylation sites (N-methyl/N-ethyl adjacent to an activating group) is 1. The fourth-order valence-corrected chi connectivity index (χ4v) is 7.08. The predicted molar refractivity (Wildman–Crippen MR) is 219 cm³/mol. The van der Waals surface area contributed by atoms with Gasteiger partial charge in [-0.25, -0.2) is 0 Å². The van der Waals surface area contributed by atoms with Gasteiger partial charge in [0.1, 0.15) is 23.7 Å². The van der Waals surface area contributed by atoms with Crippen molar-refractivity contribution in [2.45, 2.75) is 116 Å². The Balaban J connectivity index is 1.45. The Bertz CT molecular complexity index is 1560. The van der Waals surface area contributed by atoms with Crippen LogP contribution in [-0.2, 0) is 41.6 Å². The van der Waals surface area contributed by atoms with E-state index in [-0.39, 0.29) is 29.9 Å². The highest BCUT2D eigenvalue weighted by molar-refractivity contribution is 5.98. The van der Waals surface area contributed by atoms with Gasteiger partial charge in [0.05, 0.1) is 12.6 Å². The third-order valence-corrected chi connectivity index (χ3v) is 10.6. The third kappa shape index (κ3) is 15.1. The number of nitrogens with one attached hydrogen (secondary N) is 4. The summed E-state index contributed by atoms with van der Waals surface area (Å²) < 4.78 is 5.42. The smallest absolute Gasteiger partial charge is 0.243 e. The Labute approximate surface area is 334 Å². The SMILES string of the molecule is CC(C)CC(NC(=O)C(CCc1ccccc1)NC(=O)CCCCN1CCN(C)CC1)C(=O)NC(Cc1ccccc1)C(=O)NC(CC(C)C)C(=O)C1(C)CO1. The lowest BCUT2D eigenvalue weighted by molar-refractivity contribution is -0.135. The summed E-state index contributed by atoms with van der Waals surface area (Å²) in [5, 5.41) is 11.8. The number of hydrogen-bond donors (Lipinski definition) is 4. The number of Topliss-reactive ketones (excluding diaryl/α,β-unsaturated/α-hetero) is 1. The van der Waals surface area contributed by atoms with Gasteiger partial charge in [-0.15, -0.1) is 0 Å². The van der Waals surface area contributed by atoms with Crippen LogP contribution in [0.5, 0.6) is 0 Å². The molecule has 2 saturated heterocycles. The van der Waals surface area contributed by atoms with Crippen LogP contribution in [0.3, 0.4) is 0 Å². The molecule has 12 nitrogen and oxygen atoms in total.